The Morgan fingerprint density at radius 3 is 2.47 bits per heavy atom. The first-order valence-corrected chi connectivity index (χ1v) is 9.50. The normalized spacial score (nSPS) is 10.4. The van der Waals surface area contributed by atoms with Crippen LogP contribution in [-0.2, 0) is 4.79 Å². The van der Waals surface area contributed by atoms with E-state index in [-0.39, 0.29) is 5.91 Å². The van der Waals surface area contributed by atoms with Crippen molar-refractivity contribution in [1.29, 1.82) is 0 Å². The van der Waals surface area contributed by atoms with Crippen LogP contribution in [0.2, 0.25) is 0 Å². The van der Waals surface area contributed by atoms with Crippen molar-refractivity contribution in [3.05, 3.63) is 0 Å². The van der Waals surface area contributed by atoms with Crippen LogP contribution in [0.3, 0.4) is 0 Å². The second kappa shape index (κ2) is 12.7. The molecule has 1 amide bonds. The summed E-state index contributed by atoms with van der Waals surface area (Å²) in [4.78, 5) is 11.5. The fourth-order valence-electron chi connectivity index (χ4n) is 1.29. The zero-order chi connectivity index (χ0) is 14.5. The van der Waals surface area contributed by atoms with Crippen molar-refractivity contribution in [2.24, 2.45) is 11.8 Å². The van der Waals surface area contributed by atoms with Crippen LogP contribution >= 0.6 is 21.6 Å². The molecule has 0 aromatic rings. The average Bonchev–Trinajstić information content (AvgIpc) is 2.33. The summed E-state index contributed by atoms with van der Waals surface area (Å²) >= 11 is 0. The Hall–Kier alpha value is -0.270. The molecule has 0 aromatic carbocycles. The molecule has 0 spiro atoms. The lowest BCUT2D eigenvalue weighted by Crippen LogP contribution is -2.23. The third-order valence-corrected chi connectivity index (χ3v) is 4.76. The summed E-state index contributed by atoms with van der Waals surface area (Å²) in [7, 11) is 3.68. The molecule has 0 atom stereocenters. The van der Waals surface area contributed by atoms with Gasteiger partial charge < -0.3 is 5.32 Å². The van der Waals surface area contributed by atoms with Crippen molar-refractivity contribution in [2.45, 2.75) is 47.0 Å². The van der Waals surface area contributed by atoms with E-state index in [2.05, 4.69) is 31.0 Å². The van der Waals surface area contributed by atoms with E-state index >= 15 is 0 Å². The first-order chi connectivity index (χ1) is 9.02. The summed E-state index contributed by atoms with van der Waals surface area (Å²) in [5.74, 6) is 9.32. The molecule has 1 N–H and O–H groups in total. The molecule has 0 aliphatic heterocycles. The fraction of sp³-hybridized carbons (Fsp3) is 0.800. The molecule has 0 heterocycles. The number of amides is 1. The minimum absolute atomic E-state index is 0.105. The van der Waals surface area contributed by atoms with Crippen molar-refractivity contribution >= 4 is 27.5 Å². The Morgan fingerprint density at radius 2 is 1.84 bits per heavy atom. The Bertz CT molecular complexity index is 292. The van der Waals surface area contributed by atoms with E-state index in [0.717, 1.165) is 11.7 Å². The van der Waals surface area contributed by atoms with Gasteiger partial charge in [-0.1, -0.05) is 67.5 Å². The van der Waals surface area contributed by atoms with Crippen molar-refractivity contribution in [3.8, 4) is 11.8 Å². The number of rotatable bonds is 9. The molecule has 0 aliphatic rings. The molecule has 0 bridgehead atoms. The van der Waals surface area contributed by atoms with E-state index in [1.807, 2.05) is 24.6 Å². The molecule has 0 fully saturated rings. The highest BCUT2D eigenvalue weighted by Gasteiger charge is 2.00. The zero-order valence-corrected chi connectivity index (χ0v) is 14.3. The lowest BCUT2D eigenvalue weighted by molar-refractivity contribution is -0.120. The highest BCUT2D eigenvalue weighted by Crippen LogP contribution is 2.23. The summed E-state index contributed by atoms with van der Waals surface area (Å²) in [5, 5.41) is 2.82. The van der Waals surface area contributed by atoms with E-state index in [0.29, 0.717) is 18.9 Å². The lowest BCUT2D eigenvalue weighted by atomic mass is 10.1. The van der Waals surface area contributed by atoms with Gasteiger partial charge in [-0.15, -0.1) is 0 Å². The van der Waals surface area contributed by atoms with Crippen LogP contribution in [0.15, 0.2) is 0 Å². The van der Waals surface area contributed by atoms with Crippen LogP contribution in [0.5, 0.6) is 0 Å². The molecule has 110 valence electrons. The Kier molecular flexibility index (Phi) is 12.6. The number of carbonyl (C=O) groups excluding carboxylic acids is 1. The Morgan fingerprint density at radius 1 is 1.16 bits per heavy atom. The van der Waals surface area contributed by atoms with Crippen molar-refractivity contribution in [3.63, 3.8) is 0 Å². The third kappa shape index (κ3) is 15.7. The van der Waals surface area contributed by atoms with Gasteiger partial charge in [-0.25, -0.2) is 0 Å². The SMILES string of the molecule is CC(C)C#CCNC(=O)CCSSCCCC(C)C. The Balaban J connectivity index is 3.33. The van der Waals surface area contributed by atoms with Gasteiger partial charge in [0.05, 0.1) is 6.54 Å². The summed E-state index contributed by atoms with van der Waals surface area (Å²) in [6.07, 6.45) is 3.15. The van der Waals surface area contributed by atoms with Gasteiger partial charge in [0.1, 0.15) is 0 Å². The molecule has 0 aliphatic carbocycles. The van der Waals surface area contributed by atoms with E-state index in [1.165, 1.54) is 18.6 Å². The van der Waals surface area contributed by atoms with Gasteiger partial charge >= 0.3 is 0 Å². The fourth-order valence-corrected chi connectivity index (χ4v) is 3.39. The van der Waals surface area contributed by atoms with Crippen molar-refractivity contribution in [1.82, 2.24) is 5.32 Å². The zero-order valence-electron chi connectivity index (χ0n) is 12.6. The summed E-state index contributed by atoms with van der Waals surface area (Å²) in [6.45, 7) is 9.07. The predicted octanol–water partition coefficient (Wildman–Crippen LogP) is 3.97. The van der Waals surface area contributed by atoms with Gasteiger partial charge in [0, 0.05) is 23.8 Å². The highest BCUT2D eigenvalue weighted by atomic mass is 33.1. The number of carbonyl (C=O) groups is 1. The largest absolute Gasteiger partial charge is 0.345 e. The minimum atomic E-state index is 0.105. The van der Waals surface area contributed by atoms with Gasteiger partial charge in [0.25, 0.3) is 0 Å². The van der Waals surface area contributed by atoms with Gasteiger partial charge in [0.15, 0.2) is 0 Å². The molecular formula is C15H27NOS2. The molecule has 19 heavy (non-hydrogen) atoms. The molecule has 0 radical (unpaired) electrons. The van der Waals surface area contributed by atoms with E-state index < -0.39 is 0 Å². The molecular weight excluding hydrogens is 274 g/mol. The van der Waals surface area contributed by atoms with Gasteiger partial charge in [-0.2, -0.15) is 0 Å². The average molecular weight is 302 g/mol. The molecule has 0 unspecified atom stereocenters. The molecule has 4 heteroatoms. The van der Waals surface area contributed by atoms with Crippen LogP contribution in [0, 0.1) is 23.7 Å². The number of hydrogen-bond donors (Lipinski definition) is 1. The first kappa shape index (κ1) is 18.7. The van der Waals surface area contributed by atoms with Crippen molar-refractivity contribution in [2.75, 3.05) is 18.1 Å². The monoisotopic (exact) mass is 301 g/mol. The van der Waals surface area contributed by atoms with E-state index in [9.17, 15) is 4.79 Å². The van der Waals surface area contributed by atoms with Crippen LogP contribution in [0.4, 0.5) is 0 Å². The van der Waals surface area contributed by atoms with Crippen LogP contribution in [0.25, 0.3) is 0 Å². The summed E-state index contributed by atoms with van der Waals surface area (Å²) in [5.41, 5.74) is 0. The lowest BCUT2D eigenvalue weighted by Gasteiger charge is -2.04. The first-order valence-electron chi connectivity index (χ1n) is 7.02. The Labute approximate surface area is 126 Å². The van der Waals surface area contributed by atoms with Gasteiger partial charge in [0.2, 0.25) is 5.91 Å². The molecule has 0 saturated carbocycles. The maximum atomic E-state index is 11.5. The molecule has 0 rings (SSSR count). The van der Waals surface area contributed by atoms with Crippen molar-refractivity contribution < 1.29 is 4.79 Å². The van der Waals surface area contributed by atoms with E-state index in [1.54, 1.807) is 10.8 Å². The third-order valence-electron chi connectivity index (χ3n) is 2.27. The second-order valence-electron chi connectivity index (χ2n) is 5.18. The van der Waals surface area contributed by atoms with Gasteiger partial charge in [-0.3, -0.25) is 4.79 Å². The van der Waals surface area contributed by atoms with E-state index in [4.69, 9.17) is 0 Å². The molecule has 2 nitrogen and oxygen atoms in total. The standard InChI is InChI=1S/C15H27NOS2/c1-13(2)7-5-10-16-15(17)9-12-19-18-11-6-8-14(3)4/h13-14H,6,8-12H2,1-4H3,(H,16,17). The smallest absolute Gasteiger partial charge is 0.221 e. The topological polar surface area (TPSA) is 29.1 Å². The molecule has 0 aromatic heterocycles. The highest BCUT2D eigenvalue weighted by molar-refractivity contribution is 8.76. The maximum absolute atomic E-state index is 11.5. The number of nitrogens with one attached hydrogen (secondary N) is 1. The second-order valence-corrected chi connectivity index (χ2v) is 7.88. The quantitative estimate of drug-likeness (QED) is 0.397. The van der Waals surface area contributed by atoms with Crippen LogP contribution < -0.4 is 5.32 Å². The summed E-state index contributed by atoms with van der Waals surface area (Å²) < 4.78 is 0. The maximum Gasteiger partial charge on any atom is 0.221 e. The minimum Gasteiger partial charge on any atom is -0.345 e. The predicted molar refractivity (Wildman–Crippen MR) is 89.2 cm³/mol. The van der Waals surface area contributed by atoms with Crippen LogP contribution in [-0.4, -0.2) is 24.0 Å². The molecule has 0 saturated heterocycles. The van der Waals surface area contributed by atoms with Crippen LogP contribution in [0.1, 0.15) is 47.0 Å². The number of hydrogen-bond acceptors (Lipinski definition) is 3. The summed E-state index contributed by atoms with van der Waals surface area (Å²) in [6, 6.07) is 0. The van der Waals surface area contributed by atoms with Gasteiger partial charge in [-0.05, 0) is 12.3 Å².